The predicted molar refractivity (Wildman–Crippen MR) is 128 cm³/mol. The maximum atomic E-state index is 13.6. The highest BCUT2D eigenvalue weighted by Crippen LogP contribution is 2.37. The van der Waals surface area contributed by atoms with E-state index in [0.717, 1.165) is 42.2 Å². The van der Waals surface area contributed by atoms with E-state index in [1.807, 2.05) is 6.20 Å². The van der Waals surface area contributed by atoms with Gasteiger partial charge >= 0.3 is 6.18 Å². The number of pyridine rings is 2. The molecule has 0 aliphatic heterocycles. The fraction of sp³-hybridized carbons (Fsp3) is 0.192. The van der Waals surface area contributed by atoms with Crippen LogP contribution in [0, 0.1) is 5.92 Å². The van der Waals surface area contributed by atoms with Crippen molar-refractivity contribution in [3.05, 3.63) is 83.6 Å². The number of nitrogens with zero attached hydrogens (tertiary/aromatic N) is 2. The first-order valence-electron chi connectivity index (χ1n) is 11.1. The Labute approximate surface area is 198 Å². The maximum Gasteiger partial charge on any atom is 0.416 e. The lowest BCUT2D eigenvalue weighted by atomic mass is 10.0. The van der Waals surface area contributed by atoms with Gasteiger partial charge in [0.05, 0.1) is 5.56 Å². The number of amides is 1. The summed E-state index contributed by atoms with van der Waals surface area (Å²) in [7, 11) is 0. The van der Waals surface area contributed by atoms with Crippen LogP contribution in [0.5, 0.6) is 0 Å². The number of H-pyrrole nitrogens is 1. The van der Waals surface area contributed by atoms with Crippen molar-refractivity contribution in [1.82, 2.24) is 14.5 Å². The molecule has 9 heteroatoms. The summed E-state index contributed by atoms with van der Waals surface area (Å²) in [6, 6.07) is 8.36. The van der Waals surface area contributed by atoms with Gasteiger partial charge in [-0.15, -0.1) is 0 Å². The highest BCUT2D eigenvalue weighted by Gasteiger charge is 2.31. The molecule has 5 rings (SSSR count). The van der Waals surface area contributed by atoms with Gasteiger partial charge < -0.3 is 14.9 Å². The molecule has 6 nitrogen and oxygen atoms in total. The maximum absolute atomic E-state index is 13.6. The number of hydrogen-bond donors (Lipinski definition) is 2. The summed E-state index contributed by atoms with van der Waals surface area (Å²) in [6.07, 6.45) is 3.67. The van der Waals surface area contributed by atoms with Crippen LogP contribution in [0.3, 0.4) is 0 Å². The molecule has 1 fully saturated rings. The second-order valence-electron chi connectivity index (χ2n) is 8.66. The number of aromatic amines is 1. The van der Waals surface area contributed by atoms with Gasteiger partial charge in [-0.25, -0.2) is 4.98 Å². The minimum absolute atomic E-state index is 0.00117. The first kappa shape index (κ1) is 22.6. The Morgan fingerprint density at radius 2 is 1.97 bits per heavy atom. The van der Waals surface area contributed by atoms with Crippen LogP contribution in [-0.4, -0.2) is 20.4 Å². The minimum Gasteiger partial charge on any atom is -0.346 e. The summed E-state index contributed by atoms with van der Waals surface area (Å²) in [6.45, 7) is 4.01. The van der Waals surface area contributed by atoms with Crippen LogP contribution in [0.1, 0.15) is 18.4 Å². The highest BCUT2D eigenvalue weighted by atomic mass is 19.4. The average molecular weight is 478 g/mol. The summed E-state index contributed by atoms with van der Waals surface area (Å²) >= 11 is 0. The van der Waals surface area contributed by atoms with Crippen LogP contribution < -0.4 is 10.9 Å². The van der Waals surface area contributed by atoms with Gasteiger partial charge in [-0.05, 0) is 60.7 Å². The highest BCUT2D eigenvalue weighted by molar-refractivity contribution is 6.00. The number of rotatable bonds is 6. The molecule has 178 valence electrons. The molecular weight excluding hydrogens is 457 g/mol. The zero-order valence-corrected chi connectivity index (χ0v) is 18.5. The van der Waals surface area contributed by atoms with Crippen molar-refractivity contribution >= 4 is 22.6 Å². The lowest BCUT2D eigenvalue weighted by Crippen LogP contribution is -2.19. The number of carbonyl (C=O) groups excluding carboxylic acids is 1. The van der Waals surface area contributed by atoms with Crippen molar-refractivity contribution in [2.24, 2.45) is 5.92 Å². The van der Waals surface area contributed by atoms with E-state index in [1.165, 1.54) is 18.3 Å². The van der Waals surface area contributed by atoms with E-state index in [9.17, 15) is 22.8 Å². The Hall–Kier alpha value is -4.14. The SMILES string of the molecule is C=CC(=O)Nc1cc(-c2cnc3[nH]cc(-c4ccc(=O)n(CC5CC5)c4)c3c2)cc(C(F)(F)F)c1. The van der Waals surface area contributed by atoms with Gasteiger partial charge in [0.25, 0.3) is 5.56 Å². The van der Waals surface area contributed by atoms with Gasteiger partial charge in [-0.1, -0.05) is 6.58 Å². The molecule has 0 unspecified atom stereocenters. The number of hydrogen-bond acceptors (Lipinski definition) is 3. The fourth-order valence-electron chi connectivity index (χ4n) is 4.04. The third kappa shape index (κ3) is 4.75. The summed E-state index contributed by atoms with van der Waals surface area (Å²) < 4.78 is 42.4. The van der Waals surface area contributed by atoms with Crippen LogP contribution in [0.15, 0.2) is 72.4 Å². The number of carbonyl (C=O) groups is 1. The van der Waals surface area contributed by atoms with E-state index >= 15 is 0 Å². The zero-order chi connectivity index (χ0) is 24.7. The quantitative estimate of drug-likeness (QED) is 0.354. The van der Waals surface area contributed by atoms with E-state index in [2.05, 4.69) is 21.9 Å². The lowest BCUT2D eigenvalue weighted by molar-refractivity contribution is -0.137. The van der Waals surface area contributed by atoms with Crippen molar-refractivity contribution < 1.29 is 18.0 Å². The molecule has 1 aliphatic carbocycles. The molecule has 0 spiro atoms. The van der Waals surface area contributed by atoms with Crippen LogP contribution >= 0.6 is 0 Å². The van der Waals surface area contributed by atoms with Crippen LogP contribution in [0.25, 0.3) is 33.3 Å². The lowest BCUT2D eigenvalue weighted by Gasteiger charge is -2.13. The second-order valence-corrected chi connectivity index (χ2v) is 8.66. The second kappa shape index (κ2) is 8.57. The zero-order valence-electron chi connectivity index (χ0n) is 18.5. The van der Waals surface area contributed by atoms with Gasteiger partial charge in [0.1, 0.15) is 5.65 Å². The molecule has 35 heavy (non-hydrogen) atoms. The van der Waals surface area contributed by atoms with Crippen molar-refractivity contribution in [3.63, 3.8) is 0 Å². The van der Waals surface area contributed by atoms with Crippen LogP contribution in [-0.2, 0) is 17.5 Å². The number of benzene rings is 1. The smallest absolute Gasteiger partial charge is 0.346 e. The number of alkyl halides is 3. The Kier molecular flexibility index (Phi) is 5.55. The molecule has 1 aromatic carbocycles. The summed E-state index contributed by atoms with van der Waals surface area (Å²) in [5.41, 5.74) is 1.89. The largest absolute Gasteiger partial charge is 0.416 e. The normalized spacial score (nSPS) is 13.7. The van der Waals surface area contributed by atoms with Gasteiger partial charge in [-0.2, -0.15) is 13.2 Å². The Balaban J connectivity index is 1.59. The number of anilines is 1. The fourth-order valence-corrected chi connectivity index (χ4v) is 4.04. The molecule has 1 amide bonds. The topological polar surface area (TPSA) is 79.8 Å². The van der Waals surface area contributed by atoms with Gasteiger partial charge in [-0.3, -0.25) is 9.59 Å². The summed E-state index contributed by atoms with van der Waals surface area (Å²) in [5.74, 6) is -0.0889. The van der Waals surface area contributed by atoms with E-state index in [0.29, 0.717) is 29.1 Å². The standard InChI is InChI=1S/C26H21F3N4O2/c1-2-23(34)32-20-8-17(7-19(10-20)26(27,28)29)18-9-21-22(12-31-25(21)30-11-18)16-5-6-24(35)33(14-16)13-15-3-4-15/h2,5-12,14-15H,1,3-4,13H2,(H,30,31)(H,32,34). The molecule has 1 saturated carbocycles. The third-order valence-corrected chi connectivity index (χ3v) is 6.02. The van der Waals surface area contributed by atoms with Gasteiger partial charge in [0.2, 0.25) is 5.91 Å². The molecule has 3 heterocycles. The predicted octanol–water partition coefficient (Wildman–Crippen LogP) is 5.61. The Bertz CT molecular complexity index is 1510. The van der Waals surface area contributed by atoms with E-state index in [-0.39, 0.29) is 16.8 Å². The Morgan fingerprint density at radius 3 is 2.69 bits per heavy atom. The van der Waals surface area contributed by atoms with E-state index in [1.54, 1.807) is 22.9 Å². The molecule has 0 bridgehead atoms. The summed E-state index contributed by atoms with van der Waals surface area (Å²) in [5, 5.41) is 3.10. The van der Waals surface area contributed by atoms with Crippen LogP contribution in [0.4, 0.5) is 18.9 Å². The molecule has 3 aromatic heterocycles. The van der Waals surface area contributed by atoms with Crippen LogP contribution in [0.2, 0.25) is 0 Å². The van der Waals surface area contributed by atoms with Crippen molar-refractivity contribution in [2.75, 3.05) is 5.32 Å². The van der Waals surface area contributed by atoms with Gasteiger partial charge in [0.15, 0.2) is 0 Å². The molecule has 4 aromatic rings. The molecule has 0 atom stereocenters. The minimum atomic E-state index is -4.60. The first-order valence-corrected chi connectivity index (χ1v) is 11.1. The van der Waals surface area contributed by atoms with E-state index in [4.69, 9.17) is 0 Å². The number of aromatic nitrogens is 3. The summed E-state index contributed by atoms with van der Waals surface area (Å²) in [4.78, 5) is 31.4. The molecule has 2 N–H and O–H groups in total. The molecular formula is C26H21F3N4O2. The molecule has 0 saturated heterocycles. The third-order valence-electron chi connectivity index (χ3n) is 6.02. The monoisotopic (exact) mass is 478 g/mol. The Morgan fingerprint density at radius 1 is 1.17 bits per heavy atom. The van der Waals surface area contributed by atoms with Gasteiger partial charge in [0, 0.05) is 59.0 Å². The van der Waals surface area contributed by atoms with Crippen molar-refractivity contribution in [2.45, 2.75) is 25.6 Å². The molecule has 1 aliphatic rings. The number of fused-ring (bicyclic) bond motifs is 1. The van der Waals surface area contributed by atoms with Crippen molar-refractivity contribution in [3.8, 4) is 22.3 Å². The number of halogens is 3. The average Bonchev–Trinajstić information content (AvgIpc) is 3.55. The number of nitrogens with one attached hydrogen (secondary N) is 2. The first-order chi connectivity index (χ1) is 16.7. The molecule has 0 radical (unpaired) electrons. The van der Waals surface area contributed by atoms with E-state index < -0.39 is 17.6 Å². The van der Waals surface area contributed by atoms with Crippen molar-refractivity contribution in [1.29, 1.82) is 0 Å².